The summed E-state index contributed by atoms with van der Waals surface area (Å²) >= 11 is 0. The summed E-state index contributed by atoms with van der Waals surface area (Å²) in [4.78, 5) is 21.8. The van der Waals surface area contributed by atoms with Gasteiger partial charge in [0, 0.05) is 19.0 Å². The number of aldehydes is 1. The van der Waals surface area contributed by atoms with E-state index in [9.17, 15) is 9.59 Å². The van der Waals surface area contributed by atoms with Gasteiger partial charge in [-0.1, -0.05) is 0 Å². The molecule has 3 heteroatoms. The summed E-state index contributed by atoms with van der Waals surface area (Å²) in [7, 11) is 0. The lowest BCUT2D eigenvalue weighted by atomic mass is 10.1. The zero-order valence-corrected chi connectivity index (χ0v) is 5.12. The summed E-state index contributed by atoms with van der Waals surface area (Å²) in [5.74, 6) is 0.0928. The largest absolute Gasteiger partial charge is 0.345 e. The molecule has 1 atom stereocenters. The van der Waals surface area contributed by atoms with Gasteiger partial charge in [0.2, 0.25) is 6.41 Å². The van der Waals surface area contributed by atoms with Crippen molar-refractivity contribution in [3.05, 3.63) is 0 Å². The second kappa shape index (κ2) is 2.62. The van der Waals surface area contributed by atoms with Gasteiger partial charge in [-0.25, -0.2) is 0 Å². The highest BCUT2D eigenvalue weighted by Crippen LogP contribution is 2.10. The van der Waals surface area contributed by atoms with Crippen LogP contribution in [-0.4, -0.2) is 30.7 Å². The summed E-state index contributed by atoms with van der Waals surface area (Å²) in [6.07, 6.45) is 2.55. The van der Waals surface area contributed by atoms with Gasteiger partial charge in [0.05, 0.1) is 0 Å². The van der Waals surface area contributed by atoms with E-state index in [-0.39, 0.29) is 5.92 Å². The molecule has 0 aromatic heterocycles. The highest BCUT2D eigenvalue weighted by Gasteiger charge is 2.19. The van der Waals surface area contributed by atoms with Gasteiger partial charge in [-0.3, -0.25) is 4.79 Å². The number of amides is 1. The Kier molecular flexibility index (Phi) is 1.82. The number of nitrogens with zero attached hydrogens (tertiary/aromatic N) is 1. The summed E-state index contributed by atoms with van der Waals surface area (Å²) in [6.45, 7) is 1.36. The van der Waals surface area contributed by atoms with E-state index in [0.29, 0.717) is 6.54 Å². The van der Waals surface area contributed by atoms with Gasteiger partial charge in [-0.2, -0.15) is 0 Å². The average molecular weight is 127 g/mol. The Balaban J connectivity index is 2.36. The van der Waals surface area contributed by atoms with Crippen LogP contribution in [-0.2, 0) is 9.59 Å². The van der Waals surface area contributed by atoms with E-state index in [1.165, 1.54) is 0 Å². The van der Waals surface area contributed by atoms with E-state index in [1.807, 2.05) is 0 Å². The predicted octanol–water partition coefficient (Wildman–Crippen LogP) is -0.336. The van der Waals surface area contributed by atoms with Crippen LogP contribution in [0.15, 0.2) is 0 Å². The number of carbonyl (C=O) groups excluding carboxylic acids is 2. The maximum absolute atomic E-state index is 10.1. The molecule has 0 N–H and O–H groups in total. The molecule has 0 bridgehead atoms. The molecule has 9 heavy (non-hydrogen) atoms. The molecule has 1 amide bonds. The highest BCUT2D eigenvalue weighted by molar-refractivity contribution is 5.57. The number of carbonyl (C=O) groups is 2. The SMILES string of the molecule is O=C[C@H]1CCN(C=O)C1. The average Bonchev–Trinajstić information content (AvgIpc) is 2.34. The fraction of sp³-hybridized carbons (Fsp3) is 0.667. The van der Waals surface area contributed by atoms with Crippen LogP contribution in [0.5, 0.6) is 0 Å². The molecule has 1 aliphatic rings. The fourth-order valence-electron chi connectivity index (χ4n) is 1.02. The molecule has 0 unspecified atom stereocenters. The lowest BCUT2D eigenvalue weighted by Crippen LogP contribution is -2.18. The number of hydrogen-bond donors (Lipinski definition) is 0. The van der Waals surface area contributed by atoms with Crippen molar-refractivity contribution in [2.75, 3.05) is 13.1 Å². The molecule has 0 aromatic rings. The number of hydrogen-bond acceptors (Lipinski definition) is 2. The normalized spacial score (nSPS) is 26.2. The second-order valence-electron chi connectivity index (χ2n) is 2.29. The summed E-state index contributed by atoms with van der Waals surface area (Å²) in [5, 5.41) is 0. The maximum atomic E-state index is 10.1. The van der Waals surface area contributed by atoms with E-state index in [4.69, 9.17) is 0 Å². The van der Waals surface area contributed by atoms with Gasteiger partial charge < -0.3 is 9.69 Å². The Labute approximate surface area is 53.6 Å². The molecule has 1 aliphatic heterocycles. The van der Waals surface area contributed by atoms with Gasteiger partial charge in [0.1, 0.15) is 6.29 Å². The van der Waals surface area contributed by atoms with Crippen LogP contribution in [0.25, 0.3) is 0 Å². The van der Waals surface area contributed by atoms with Crippen molar-refractivity contribution in [2.45, 2.75) is 6.42 Å². The van der Waals surface area contributed by atoms with Crippen LogP contribution in [0, 0.1) is 5.92 Å². The summed E-state index contributed by atoms with van der Waals surface area (Å²) in [5.41, 5.74) is 0. The minimum absolute atomic E-state index is 0.0928. The van der Waals surface area contributed by atoms with Crippen LogP contribution in [0.4, 0.5) is 0 Å². The lowest BCUT2D eigenvalue weighted by Gasteiger charge is -2.04. The van der Waals surface area contributed by atoms with Crippen molar-refractivity contribution in [1.29, 1.82) is 0 Å². The molecule has 0 radical (unpaired) electrons. The summed E-state index contributed by atoms with van der Waals surface area (Å²) in [6, 6.07) is 0. The van der Waals surface area contributed by atoms with Crippen LogP contribution in [0.2, 0.25) is 0 Å². The molecule has 50 valence electrons. The van der Waals surface area contributed by atoms with E-state index in [2.05, 4.69) is 0 Å². The first-order valence-electron chi connectivity index (χ1n) is 3.01. The quantitative estimate of drug-likeness (QED) is 0.476. The Morgan fingerprint density at radius 3 is 2.56 bits per heavy atom. The molecule has 0 saturated carbocycles. The lowest BCUT2D eigenvalue weighted by molar-refractivity contribution is -0.117. The summed E-state index contributed by atoms with van der Waals surface area (Å²) < 4.78 is 0. The van der Waals surface area contributed by atoms with Gasteiger partial charge in [-0.05, 0) is 6.42 Å². The molecule has 1 fully saturated rings. The van der Waals surface area contributed by atoms with E-state index < -0.39 is 0 Å². The van der Waals surface area contributed by atoms with E-state index >= 15 is 0 Å². The molecule has 0 aliphatic carbocycles. The Morgan fingerprint density at radius 2 is 2.22 bits per heavy atom. The smallest absolute Gasteiger partial charge is 0.209 e. The zero-order chi connectivity index (χ0) is 6.69. The molecule has 1 saturated heterocycles. The van der Waals surface area contributed by atoms with Crippen LogP contribution in [0.3, 0.4) is 0 Å². The van der Waals surface area contributed by atoms with Gasteiger partial charge in [0.25, 0.3) is 0 Å². The molecule has 1 heterocycles. The maximum Gasteiger partial charge on any atom is 0.209 e. The van der Waals surface area contributed by atoms with Crippen LogP contribution >= 0.6 is 0 Å². The molecule has 0 spiro atoms. The minimum atomic E-state index is 0.0928. The number of rotatable bonds is 2. The van der Waals surface area contributed by atoms with Crippen molar-refractivity contribution < 1.29 is 9.59 Å². The second-order valence-corrected chi connectivity index (χ2v) is 2.29. The van der Waals surface area contributed by atoms with Crippen molar-refractivity contribution in [2.24, 2.45) is 5.92 Å². The van der Waals surface area contributed by atoms with Crippen molar-refractivity contribution in [1.82, 2.24) is 4.90 Å². The Bertz CT molecular complexity index is 110. The molecule has 0 aromatic carbocycles. The fourth-order valence-corrected chi connectivity index (χ4v) is 1.02. The van der Waals surface area contributed by atoms with Crippen molar-refractivity contribution >= 4 is 12.7 Å². The first kappa shape index (κ1) is 6.26. The molecular weight excluding hydrogens is 118 g/mol. The molecule has 3 nitrogen and oxygen atoms in total. The van der Waals surface area contributed by atoms with Crippen LogP contribution < -0.4 is 0 Å². The Morgan fingerprint density at radius 1 is 1.44 bits per heavy atom. The first-order chi connectivity index (χ1) is 4.36. The zero-order valence-electron chi connectivity index (χ0n) is 5.12. The standard InChI is InChI=1S/C6H9NO2/c8-4-6-1-2-7(3-6)5-9/h4-6H,1-3H2/t6-/m0/s1. The van der Waals surface area contributed by atoms with E-state index in [1.54, 1.807) is 4.90 Å². The third-order valence-corrected chi connectivity index (χ3v) is 1.60. The van der Waals surface area contributed by atoms with E-state index in [0.717, 1.165) is 25.7 Å². The van der Waals surface area contributed by atoms with Crippen molar-refractivity contribution in [3.8, 4) is 0 Å². The minimum Gasteiger partial charge on any atom is -0.345 e. The topological polar surface area (TPSA) is 37.4 Å². The third kappa shape index (κ3) is 1.28. The Hall–Kier alpha value is -0.860. The first-order valence-corrected chi connectivity index (χ1v) is 3.01. The number of likely N-dealkylation sites (tertiary alicyclic amines) is 1. The van der Waals surface area contributed by atoms with Crippen molar-refractivity contribution in [3.63, 3.8) is 0 Å². The highest BCUT2D eigenvalue weighted by atomic mass is 16.1. The molecule has 1 rings (SSSR count). The van der Waals surface area contributed by atoms with Crippen LogP contribution in [0.1, 0.15) is 6.42 Å². The monoisotopic (exact) mass is 127 g/mol. The predicted molar refractivity (Wildman–Crippen MR) is 31.8 cm³/mol. The van der Waals surface area contributed by atoms with Gasteiger partial charge in [0.15, 0.2) is 0 Å². The third-order valence-electron chi connectivity index (χ3n) is 1.60. The van der Waals surface area contributed by atoms with Gasteiger partial charge in [-0.15, -0.1) is 0 Å². The molecular formula is C6H9NO2. The van der Waals surface area contributed by atoms with Gasteiger partial charge >= 0.3 is 0 Å².